The topological polar surface area (TPSA) is 17.1 Å². The Morgan fingerprint density at radius 2 is 2.08 bits per heavy atom. The summed E-state index contributed by atoms with van der Waals surface area (Å²) in [6.07, 6.45) is 10.6. The van der Waals surface area contributed by atoms with Crippen LogP contribution >= 0.6 is 0 Å². The van der Waals surface area contributed by atoms with Crippen LogP contribution in [0.15, 0.2) is 0 Å². The quantitative estimate of drug-likeness (QED) is 0.564. The molecule has 0 radical (unpaired) electrons. The molecule has 3 aliphatic rings. The number of rotatable bonds is 1. The van der Waals surface area contributed by atoms with Crippen molar-refractivity contribution in [1.82, 2.24) is 0 Å². The van der Waals surface area contributed by atoms with Crippen LogP contribution in [-0.4, -0.2) is 6.29 Å². The van der Waals surface area contributed by atoms with Crippen molar-refractivity contribution in [3.05, 3.63) is 0 Å². The first kappa shape index (κ1) is 8.02. The van der Waals surface area contributed by atoms with E-state index in [0.717, 1.165) is 17.8 Å². The van der Waals surface area contributed by atoms with Gasteiger partial charge in [-0.05, 0) is 49.9 Å². The highest BCUT2D eigenvalue weighted by molar-refractivity contribution is 5.61. The third-order valence-corrected chi connectivity index (χ3v) is 5.05. The monoisotopic (exact) mass is 178 g/mol. The van der Waals surface area contributed by atoms with E-state index in [2.05, 4.69) is 0 Å². The number of hydrogen-bond acceptors (Lipinski definition) is 1. The lowest BCUT2D eigenvalue weighted by atomic mass is 9.57. The molecule has 3 fully saturated rings. The summed E-state index contributed by atoms with van der Waals surface area (Å²) < 4.78 is 0. The summed E-state index contributed by atoms with van der Waals surface area (Å²) in [4.78, 5) is 11.3. The Labute approximate surface area is 79.9 Å². The minimum Gasteiger partial charge on any atom is -0.303 e. The maximum atomic E-state index is 11.3. The van der Waals surface area contributed by atoms with Gasteiger partial charge in [0.05, 0.1) is 0 Å². The standard InChI is InChI=1S/C12H18O/c13-8-12-5-1-2-10(7-12)9-3-4-11(12)6-9/h8-11H,1-7H2. The molecule has 13 heavy (non-hydrogen) atoms. The van der Waals surface area contributed by atoms with Crippen LogP contribution in [0.25, 0.3) is 0 Å². The van der Waals surface area contributed by atoms with Crippen LogP contribution in [0.2, 0.25) is 0 Å². The van der Waals surface area contributed by atoms with Crippen LogP contribution < -0.4 is 0 Å². The molecular formula is C12H18O. The maximum absolute atomic E-state index is 11.3. The molecule has 0 spiro atoms. The Balaban J connectivity index is 1.97. The van der Waals surface area contributed by atoms with E-state index in [1.165, 1.54) is 51.2 Å². The number of carbonyl (C=O) groups excluding carboxylic acids is 1. The highest BCUT2D eigenvalue weighted by Gasteiger charge is 2.52. The Bertz CT molecular complexity index is 235. The minimum absolute atomic E-state index is 0.149. The molecule has 0 aromatic rings. The first-order valence-electron chi connectivity index (χ1n) is 5.80. The Kier molecular flexibility index (Phi) is 1.59. The fourth-order valence-corrected chi connectivity index (χ4v) is 4.33. The van der Waals surface area contributed by atoms with Crippen molar-refractivity contribution in [2.45, 2.75) is 44.9 Å². The fourth-order valence-electron chi connectivity index (χ4n) is 4.33. The van der Waals surface area contributed by atoms with Gasteiger partial charge in [-0.25, -0.2) is 0 Å². The van der Waals surface area contributed by atoms with Crippen molar-refractivity contribution in [1.29, 1.82) is 0 Å². The molecule has 0 aromatic heterocycles. The van der Waals surface area contributed by atoms with Gasteiger partial charge in [-0.3, -0.25) is 0 Å². The van der Waals surface area contributed by atoms with Crippen molar-refractivity contribution in [3.8, 4) is 0 Å². The van der Waals surface area contributed by atoms with Gasteiger partial charge >= 0.3 is 0 Å². The summed E-state index contributed by atoms with van der Waals surface area (Å²) in [5, 5.41) is 0. The van der Waals surface area contributed by atoms with Crippen LogP contribution in [0.4, 0.5) is 0 Å². The molecule has 4 bridgehead atoms. The smallest absolute Gasteiger partial charge is 0.126 e. The van der Waals surface area contributed by atoms with Crippen molar-refractivity contribution < 1.29 is 4.79 Å². The van der Waals surface area contributed by atoms with Crippen molar-refractivity contribution in [3.63, 3.8) is 0 Å². The van der Waals surface area contributed by atoms with E-state index in [4.69, 9.17) is 0 Å². The van der Waals surface area contributed by atoms with Crippen LogP contribution in [0.1, 0.15) is 44.9 Å². The second-order valence-corrected chi connectivity index (χ2v) is 5.48. The first-order valence-corrected chi connectivity index (χ1v) is 5.80. The van der Waals surface area contributed by atoms with E-state index in [1.54, 1.807) is 0 Å². The molecule has 3 saturated carbocycles. The van der Waals surface area contributed by atoms with Gasteiger partial charge in [0.25, 0.3) is 0 Å². The molecule has 0 N–H and O–H groups in total. The normalized spacial score (nSPS) is 53.4. The van der Waals surface area contributed by atoms with Gasteiger partial charge in [0.15, 0.2) is 0 Å². The lowest BCUT2D eigenvalue weighted by Gasteiger charge is -2.46. The SMILES string of the molecule is O=CC12CCCC(C1)C1CCC2C1. The number of hydrogen-bond donors (Lipinski definition) is 0. The van der Waals surface area contributed by atoms with Crippen LogP contribution in [0.5, 0.6) is 0 Å². The zero-order chi connectivity index (χ0) is 8.89. The number of carbonyl (C=O) groups is 1. The summed E-state index contributed by atoms with van der Waals surface area (Å²) in [5.74, 6) is 2.68. The predicted molar refractivity (Wildman–Crippen MR) is 51.3 cm³/mol. The molecule has 0 saturated heterocycles. The van der Waals surface area contributed by atoms with Crippen LogP contribution in [0.3, 0.4) is 0 Å². The molecule has 4 atom stereocenters. The second-order valence-electron chi connectivity index (χ2n) is 5.48. The van der Waals surface area contributed by atoms with Gasteiger partial charge < -0.3 is 4.79 Å². The summed E-state index contributed by atoms with van der Waals surface area (Å²) in [7, 11) is 0. The Morgan fingerprint density at radius 3 is 2.92 bits per heavy atom. The molecule has 0 aromatic carbocycles. The summed E-state index contributed by atoms with van der Waals surface area (Å²) in [6, 6.07) is 0. The van der Waals surface area contributed by atoms with Gasteiger partial charge in [0, 0.05) is 5.41 Å². The van der Waals surface area contributed by atoms with Gasteiger partial charge in [0.1, 0.15) is 6.29 Å². The second kappa shape index (κ2) is 2.59. The number of fused-ring (bicyclic) bond motifs is 6. The third-order valence-electron chi connectivity index (χ3n) is 5.05. The van der Waals surface area contributed by atoms with Gasteiger partial charge in [-0.1, -0.05) is 12.8 Å². The van der Waals surface area contributed by atoms with Crippen LogP contribution in [0, 0.1) is 23.2 Å². The van der Waals surface area contributed by atoms with E-state index >= 15 is 0 Å². The van der Waals surface area contributed by atoms with E-state index in [0.29, 0.717) is 0 Å². The molecule has 4 unspecified atom stereocenters. The summed E-state index contributed by atoms with van der Waals surface area (Å²) in [5.41, 5.74) is 0.149. The third kappa shape index (κ3) is 0.963. The highest BCUT2D eigenvalue weighted by atomic mass is 16.1. The molecule has 1 nitrogen and oxygen atoms in total. The molecule has 0 aliphatic heterocycles. The summed E-state index contributed by atoms with van der Waals surface area (Å²) in [6.45, 7) is 0. The average molecular weight is 178 g/mol. The summed E-state index contributed by atoms with van der Waals surface area (Å²) >= 11 is 0. The zero-order valence-electron chi connectivity index (χ0n) is 8.17. The lowest BCUT2D eigenvalue weighted by molar-refractivity contribution is -0.125. The van der Waals surface area contributed by atoms with Gasteiger partial charge in [-0.15, -0.1) is 0 Å². The zero-order valence-corrected chi connectivity index (χ0v) is 8.17. The Hall–Kier alpha value is -0.330. The van der Waals surface area contributed by atoms with E-state index in [-0.39, 0.29) is 5.41 Å². The lowest BCUT2D eigenvalue weighted by Crippen LogP contribution is -2.41. The molecule has 0 heterocycles. The highest BCUT2D eigenvalue weighted by Crippen LogP contribution is 2.59. The molecule has 1 heteroatoms. The molecule has 3 aliphatic carbocycles. The molecular weight excluding hydrogens is 160 g/mol. The molecule has 3 rings (SSSR count). The van der Waals surface area contributed by atoms with Crippen molar-refractivity contribution >= 4 is 6.29 Å². The molecule has 72 valence electrons. The Morgan fingerprint density at radius 1 is 1.15 bits per heavy atom. The van der Waals surface area contributed by atoms with Crippen molar-refractivity contribution in [2.75, 3.05) is 0 Å². The minimum atomic E-state index is 0.149. The largest absolute Gasteiger partial charge is 0.303 e. The van der Waals surface area contributed by atoms with E-state index in [1.807, 2.05) is 0 Å². The van der Waals surface area contributed by atoms with E-state index in [9.17, 15) is 4.79 Å². The fraction of sp³-hybridized carbons (Fsp3) is 0.917. The first-order chi connectivity index (χ1) is 6.34. The van der Waals surface area contributed by atoms with Gasteiger partial charge in [0.2, 0.25) is 0 Å². The van der Waals surface area contributed by atoms with Gasteiger partial charge in [-0.2, -0.15) is 0 Å². The predicted octanol–water partition coefficient (Wildman–Crippen LogP) is 2.79. The molecule has 0 amide bonds. The number of aldehydes is 1. The maximum Gasteiger partial charge on any atom is 0.126 e. The average Bonchev–Trinajstić information content (AvgIpc) is 2.63. The van der Waals surface area contributed by atoms with E-state index < -0.39 is 0 Å². The van der Waals surface area contributed by atoms with Crippen molar-refractivity contribution in [2.24, 2.45) is 23.2 Å². The van der Waals surface area contributed by atoms with Crippen LogP contribution in [-0.2, 0) is 4.79 Å².